The van der Waals surface area contributed by atoms with Crippen LogP contribution in [0.15, 0.2) is 24.3 Å². The summed E-state index contributed by atoms with van der Waals surface area (Å²) in [5, 5.41) is 0. The Morgan fingerprint density at radius 2 is 1.70 bits per heavy atom. The van der Waals surface area contributed by atoms with Gasteiger partial charge in [0, 0.05) is 45.7 Å². The number of likely N-dealkylation sites (tertiary alicyclic amines) is 3. The topological polar surface area (TPSA) is 70.2 Å². The minimum absolute atomic E-state index is 0.0384. The summed E-state index contributed by atoms with van der Waals surface area (Å²) in [6.45, 7) is 6.64. The molecule has 3 aliphatic rings. The van der Waals surface area contributed by atoms with Crippen molar-refractivity contribution in [1.82, 2.24) is 14.7 Å². The van der Waals surface area contributed by atoms with Crippen molar-refractivity contribution in [3.8, 4) is 5.75 Å². The summed E-state index contributed by atoms with van der Waals surface area (Å²) in [4.78, 5) is 42.8. The van der Waals surface area contributed by atoms with Crippen LogP contribution in [0.25, 0.3) is 0 Å². The first-order chi connectivity index (χ1) is 14.6. The van der Waals surface area contributed by atoms with Crippen molar-refractivity contribution in [2.24, 2.45) is 11.8 Å². The molecule has 7 heteroatoms. The highest BCUT2D eigenvalue weighted by molar-refractivity contribution is 6.05. The summed E-state index contributed by atoms with van der Waals surface area (Å²) < 4.78 is 5.62. The monoisotopic (exact) mass is 413 g/mol. The van der Waals surface area contributed by atoms with Crippen LogP contribution >= 0.6 is 0 Å². The van der Waals surface area contributed by atoms with Crippen molar-refractivity contribution in [2.45, 2.75) is 39.2 Å². The Kier molecular flexibility index (Phi) is 6.37. The zero-order chi connectivity index (χ0) is 21.1. The third-order valence-electron chi connectivity index (χ3n) is 6.35. The van der Waals surface area contributed by atoms with Crippen LogP contribution in [0.1, 0.15) is 38.2 Å². The van der Waals surface area contributed by atoms with E-state index in [0.717, 1.165) is 37.2 Å². The predicted octanol–water partition coefficient (Wildman–Crippen LogP) is 1.90. The van der Waals surface area contributed by atoms with E-state index >= 15 is 0 Å². The Bertz CT molecular complexity index is 770. The van der Waals surface area contributed by atoms with Crippen LogP contribution in [0.4, 0.5) is 0 Å². The highest BCUT2D eigenvalue weighted by Gasteiger charge is 2.51. The summed E-state index contributed by atoms with van der Waals surface area (Å²) in [6.07, 6.45) is 3.18. The molecule has 4 rings (SSSR count). The second-order valence-electron chi connectivity index (χ2n) is 8.57. The second kappa shape index (κ2) is 9.16. The van der Waals surface area contributed by atoms with Gasteiger partial charge in [0.15, 0.2) is 0 Å². The molecule has 0 aliphatic carbocycles. The molecule has 1 aromatic carbocycles. The third-order valence-corrected chi connectivity index (χ3v) is 6.35. The molecule has 2 atom stereocenters. The molecule has 2 unspecified atom stereocenters. The molecule has 0 spiro atoms. The van der Waals surface area contributed by atoms with E-state index in [-0.39, 0.29) is 29.6 Å². The van der Waals surface area contributed by atoms with Gasteiger partial charge in [-0.05, 0) is 37.0 Å². The lowest BCUT2D eigenvalue weighted by Gasteiger charge is -2.22. The SMILES string of the molecule is CCCOc1ccc(CN2CC3C(=O)N(CCCN4CCCC4=O)C(=O)C3C2)cc1. The van der Waals surface area contributed by atoms with Crippen LogP contribution in [-0.2, 0) is 20.9 Å². The van der Waals surface area contributed by atoms with Crippen molar-refractivity contribution < 1.29 is 19.1 Å². The Hall–Kier alpha value is -2.41. The Morgan fingerprint density at radius 1 is 1.00 bits per heavy atom. The molecule has 1 aromatic rings. The Labute approximate surface area is 177 Å². The van der Waals surface area contributed by atoms with E-state index in [4.69, 9.17) is 4.74 Å². The molecule has 0 aromatic heterocycles. The summed E-state index contributed by atoms with van der Waals surface area (Å²) in [5.74, 6) is 0.533. The van der Waals surface area contributed by atoms with Crippen molar-refractivity contribution >= 4 is 17.7 Å². The van der Waals surface area contributed by atoms with Gasteiger partial charge in [0.25, 0.3) is 0 Å². The number of amides is 3. The maximum Gasteiger partial charge on any atom is 0.234 e. The predicted molar refractivity (Wildman–Crippen MR) is 112 cm³/mol. The number of hydrogen-bond acceptors (Lipinski definition) is 5. The Balaban J connectivity index is 1.26. The average Bonchev–Trinajstić information content (AvgIpc) is 3.40. The van der Waals surface area contributed by atoms with E-state index in [1.807, 2.05) is 17.0 Å². The molecule has 3 heterocycles. The maximum atomic E-state index is 12.8. The lowest BCUT2D eigenvalue weighted by Crippen LogP contribution is -2.38. The van der Waals surface area contributed by atoms with Gasteiger partial charge in [-0.25, -0.2) is 0 Å². The molecule has 3 fully saturated rings. The number of carbonyl (C=O) groups excluding carboxylic acids is 3. The Morgan fingerprint density at radius 3 is 2.30 bits per heavy atom. The maximum absolute atomic E-state index is 12.8. The first-order valence-electron chi connectivity index (χ1n) is 11.1. The van der Waals surface area contributed by atoms with Gasteiger partial charge in [-0.15, -0.1) is 0 Å². The van der Waals surface area contributed by atoms with Gasteiger partial charge in [0.05, 0.1) is 18.4 Å². The molecule has 0 N–H and O–H groups in total. The summed E-state index contributed by atoms with van der Waals surface area (Å²) >= 11 is 0. The van der Waals surface area contributed by atoms with Crippen LogP contribution in [0.3, 0.4) is 0 Å². The minimum Gasteiger partial charge on any atom is -0.494 e. The smallest absolute Gasteiger partial charge is 0.234 e. The van der Waals surface area contributed by atoms with E-state index in [2.05, 4.69) is 24.0 Å². The number of hydrogen-bond donors (Lipinski definition) is 0. The van der Waals surface area contributed by atoms with Crippen molar-refractivity contribution in [2.75, 3.05) is 39.3 Å². The highest BCUT2D eigenvalue weighted by Crippen LogP contribution is 2.34. The van der Waals surface area contributed by atoms with Gasteiger partial charge in [-0.2, -0.15) is 0 Å². The standard InChI is InChI=1S/C23H31N3O4/c1-2-13-30-18-8-6-17(7-9-18)14-24-15-19-20(16-24)23(29)26(22(19)28)12-4-11-25-10-3-5-21(25)27/h6-9,19-20H,2-5,10-16H2,1H3. The molecule has 0 radical (unpaired) electrons. The molecular formula is C23H31N3O4. The van der Waals surface area contributed by atoms with Crippen LogP contribution in [0.2, 0.25) is 0 Å². The van der Waals surface area contributed by atoms with E-state index in [1.54, 1.807) is 0 Å². The molecule has 30 heavy (non-hydrogen) atoms. The molecule has 3 amide bonds. The van der Waals surface area contributed by atoms with Crippen LogP contribution < -0.4 is 4.74 Å². The van der Waals surface area contributed by atoms with Crippen molar-refractivity contribution in [3.63, 3.8) is 0 Å². The van der Waals surface area contributed by atoms with Crippen molar-refractivity contribution in [3.05, 3.63) is 29.8 Å². The fourth-order valence-corrected chi connectivity index (χ4v) is 4.77. The van der Waals surface area contributed by atoms with Gasteiger partial charge in [-0.1, -0.05) is 19.1 Å². The zero-order valence-electron chi connectivity index (χ0n) is 17.7. The molecule has 0 bridgehead atoms. The van der Waals surface area contributed by atoms with Crippen LogP contribution in [-0.4, -0.2) is 71.8 Å². The molecule has 7 nitrogen and oxygen atoms in total. The molecule has 3 saturated heterocycles. The van der Waals surface area contributed by atoms with Crippen LogP contribution in [0.5, 0.6) is 5.75 Å². The van der Waals surface area contributed by atoms with E-state index < -0.39 is 0 Å². The number of fused-ring (bicyclic) bond motifs is 1. The number of nitrogens with zero attached hydrogens (tertiary/aromatic N) is 3. The van der Waals surface area contributed by atoms with Gasteiger partial charge < -0.3 is 9.64 Å². The molecule has 3 aliphatic heterocycles. The van der Waals surface area contributed by atoms with Crippen molar-refractivity contribution in [1.29, 1.82) is 0 Å². The first-order valence-corrected chi connectivity index (χ1v) is 11.1. The summed E-state index contributed by atoms with van der Waals surface area (Å²) in [7, 11) is 0. The fraction of sp³-hybridized carbons (Fsp3) is 0.609. The van der Waals surface area contributed by atoms with E-state index in [0.29, 0.717) is 45.6 Å². The van der Waals surface area contributed by atoms with E-state index in [1.165, 1.54) is 4.90 Å². The quantitative estimate of drug-likeness (QED) is 0.579. The number of carbonyl (C=O) groups is 3. The van der Waals surface area contributed by atoms with E-state index in [9.17, 15) is 14.4 Å². The molecule has 0 saturated carbocycles. The third kappa shape index (κ3) is 4.36. The lowest BCUT2D eigenvalue weighted by atomic mass is 10.00. The normalized spacial score (nSPS) is 24.2. The molecule has 162 valence electrons. The number of benzene rings is 1. The highest BCUT2D eigenvalue weighted by atomic mass is 16.5. The average molecular weight is 414 g/mol. The van der Waals surface area contributed by atoms with Gasteiger partial charge in [0.1, 0.15) is 5.75 Å². The molecular weight excluding hydrogens is 382 g/mol. The van der Waals surface area contributed by atoms with Gasteiger partial charge in [-0.3, -0.25) is 24.2 Å². The first kappa shape index (κ1) is 20.8. The summed E-state index contributed by atoms with van der Waals surface area (Å²) in [5.41, 5.74) is 1.16. The lowest BCUT2D eigenvalue weighted by molar-refractivity contribution is -0.140. The zero-order valence-corrected chi connectivity index (χ0v) is 17.7. The van der Waals surface area contributed by atoms with Gasteiger partial charge >= 0.3 is 0 Å². The number of imide groups is 1. The number of ether oxygens (including phenoxy) is 1. The minimum atomic E-state index is -0.224. The fourth-order valence-electron chi connectivity index (χ4n) is 4.77. The largest absolute Gasteiger partial charge is 0.494 e. The number of rotatable bonds is 9. The van der Waals surface area contributed by atoms with Gasteiger partial charge in [0.2, 0.25) is 17.7 Å². The second-order valence-corrected chi connectivity index (χ2v) is 8.57. The van der Waals surface area contributed by atoms with Crippen LogP contribution in [0, 0.1) is 11.8 Å². The summed E-state index contributed by atoms with van der Waals surface area (Å²) in [6, 6.07) is 8.06.